The number of benzene rings is 3. The van der Waals surface area contributed by atoms with Gasteiger partial charge in [0, 0.05) is 29.9 Å². The topological polar surface area (TPSA) is 123 Å². The van der Waals surface area contributed by atoms with Crippen LogP contribution < -0.4 is 20.2 Å². The van der Waals surface area contributed by atoms with Crippen LogP contribution in [0.5, 0.6) is 17.2 Å². The van der Waals surface area contributed by atoms with E-state index in [1.165, 1.54) is 34.9 Å². The van der Waals surface area contributed by atoms with E-state index in [9.17, 15) is 17.6 Å². The van der Waals surface area contributed by atoms with Crippen LogP contribution in [0.4, 0.5) is 4.39 Å². The third-order valence-electron chi connectivity index (χ3n) is 9.40. The van der Waals surface area contributed by atoms with Gasteiger partial charge in [-0.3, -0.25) is 4.79 Å². The Morgan fingerprint density at radius 3 is 2.06 bits per heavy atom. The molecule has 0 radical (unpaired) electrons. The fourth-order valence-electron chi connectivity index (χ4n) is 5.72. The quantitative estimate of drug-likeness (QED) is 0.113. The lowest BCUT2D eigenvalue weighted by Crippen LogP contribution is -2.41. The molecule has 266 valence electrons. The molecule has 5 aromatic rings. The zero-order valence-corrected chi connectivity index (χ0v) is 32.1. The molecule has 0 saturated carbocycles. The van der Waals surface area contributed by atoms with E-state index < -0.39 is 24.2 Å². The highest BCUT2D eigenvalue weighted by molar-refractivity contribution is 7.89. The van der Waals surface area contributed by atoms with Crippen molar-refractivity contribution in [1.29, 1.82) is 0 Å². The second-order valence-corrected chi connectivity index (χ2v) is 20.8. The van der Waals surface area contributed by atoms with Gasteiger partial charge in [0.25, 0.3) is 5.56 Å². The molecule has 0 aliphatic rings. The minimum absolute atomic E-state index is 0.105. The number of ether oxygens (including phenoxy) is 2. The Balaban J connectivity index is 1.57. The molecule has 0 bridgehead atoms. The highest BCUT2D eigenvalue weighted by Gasteiger charge is 2.37. The van der Waals surface area contributed by atoms with Crippen molar-refractivity contribution in [2.75, 3.05) is 13.2 Å². The Labute approximate surface area is 294 Å². The van der Waals surface area contributed by atoms with Crippen molar-refractivity contribution in [2.45, 2.75) is 71.5 Å². The summed E-state index contributed by atoms with van der Waals surface area (Å²) in [5.41, 5.74) is 4.28. The highest BCUT2D eigenvalue weighted by atomic mass is 32.2. The van der Waals surface area contributed by atoms with Crippen LogP contribution >= 0.6 is 0 Å². The number of sulfonamides is 1. The number of aromatic nitrogens is 1. The minimum Gasteiger partial charge on any atom is -0.491 e. The number of nitrogens with two attached hydrogens (primary N) is 1. The van der Waals surface area contributed by atoms with Crippen LogP contribution in [0, 0.1) is 33.5 Å². The van der Waals surface area contributed by atoms with Gasteiger partial charge in [-0.05, 0) is 117 Å². The normalized spacial score (nSPS) is 12.5. The largest absolute Gasteiger partial charge is 0.491 e. The maximum atomic E-state index is 14.1. The number of hydrogen-bond acceptors (Lipinski definition) is 7. The average Bonchev–Trinajstić information content (AvgIpc) is 3.45. The van der Waals surface area contributed by atoms with Gasteiger partial charge in [0.1, 0.15) is 41.0 Å². The number of primary sulfonamides is 1. The van der Waals surface area contributed by atoms with Gasteiger partial charge in [-0.2, -0.15) is 0 Å². The SMILES string of the molecule is Cc1cc(-c2cc3c(=O)n(C)cc(-c4cc(S(N)(=O)=O)ccc4Oc4c(C)cc(F)cc4C)c3o2)cc(C)c1OCCO[Si](C)(C)C(C)(C)C. The molecule has 0 spiro atoms. The molecule has 9 nitrogen and oxygen atoms in total. The molecular weight excluding hydrogens is 676 g/mol. The van der Waals surface area contributed by atoms with Gasteiger partial charge in [0.2, 0.25) is 10.0 Å². The Morgan fingerprint density at radius 2 is 1.48 bits per heavy atom. The van der Waals surface area contributed by atoms with Gasteiger partial charge in [-0.1, -0.05) is 20.8 Å². The van der Waals surface area contributed by atoms with E-state index in [0.717, 1.165) is 22.4 Å². The first-order valence-electron chi connectivity index (χ1n) is 16.3. The molecule has 2 heterocycles. The summed E-state index contributed by atoms with van der Waals surface area (Å²) in [5.74, 6) is 1.48. The number of pyridine rings is 1. The van der Waals surface area contributed by atoms with Crippen LogP contribution in [0.2, 0.25) is 18.1 Å². The Morgan fingerprint density at radius 1 is 0.880 bits per heavy atom. The van der Waals surface area contributed by atoms with Crippen LogP contribution in [0.3, 0.4) is 0 Å². The maximum absolute atomic E-state index is 14.1. The molecule has 50 heavy (non-hydrogen) atoms. The number of furan rings is 1. The predicted octanol–water partition coefficient (Wildman–Crippen LogP) is 8.68. The number of fused-ring (bicyclic) bond motifs is 1. The van der Waals surface area contributed by atoms with Crippen molar-refractivity contribution in [3.05, 3.63) is 93.2 Å². The van der Waals surface area contributed by atoms with E-state index in [4.69, 9.17) is 23.5 Å². The van der Waals surface area contributed by atoms with Gasteiger partial charge in [-0.15, -0.1) is 0 Å². The molecule has 0 fully saturated rings. The second-order valence-electron chi connectivity index (χ2n) is 14.4. The maximum Gasteiger partial charge on any atom is 0.261 e. The molecule has 3 aromatic carbocycles. The molecular formula is C38H45FN2O7SSi. The van der Waals surface area contributed by atoms with Gasteiger partial charge in [0.05, 0.1) is 16.9 Å². The fourth-order valence-corrected chi connectivity index (χ4v) is 7.28. The third kappa shape index (κ3) is 7.43. The zero-order chi connectivity index (χ0) is 36.9. The van der Waals surface area contributed by atoms with Gasteiger partial charge >= 0.3 is 0 Å². The number of nitrogens with zero attached hydrogens (tertiary/aromatic N) is 1. The molecule has 0 aliphatic heterocycles. The smallest absolute Gasteiger partial charge is 0.261 e. The predicted molar refractivity (Wildman–Crippen MR) is 198 cm³/mol. The zero-order valence-electron chi connectivity index (χ0n) is 30.3. The van der Waals surface area contributed by atoms with Crippen molar-refractivity contribution in [3.63, 3.8) is 0 Å². The number of hydrogen-bond donors (Lipinski definition) is 1. The summed E-state index contributed by atoms with van der Waals surface area (Å²) in [5, 5.41) is 5.92. The monoisotopic (exact) mass is 720 g/mol. The molecule has 2 aromatic heterocycles. The first-order chi connectivity index (χ1) is 23.2. The number of halogens is 1. The van der Waals surface area contributed by atoms with Crippen molar-refractivity contribution < 1.29 is 31.1 Å². The summed E-state index contributed by atoms with van der Waals surface area (Å²) in [4.78, 5) is 13.3. The number of rotatable bonds is 10. The summed E-state index contributed by atoms with van der Waals surface area (Å²) < 4.78 is 65.6. The Kier molecular flexibility index (Phi) is 9.98. The van der Waals surface area contributed by atoms with Crippen molar-refractivity contribution >= 4 is 29.3 Å². The fraction of sp³-hybridized carbons (Fsp3) is 0.342. The van der Waals surface area contributed by atoms with Gasteiger partial charge < -0.3 is 22.9 Å². The van der Waals surface area contributed by atoms with Crippen LogP contribution in [-0.4, -0.2) is 34.5 Å². The van der Waals surface area contributed by atoms with E-state index in [2.05, 4.69) is 33.9 Å². The van der Waals surface area contributed by atoms with E-state index in [-0.39, 0.29) is 26.8 Å². The Hall–Kier alpha value is -4.23. The van der Waals surface area contributed by atoms with E-state index >= 15 is 0 Å². The molecule has 0 aliphatic carbocycles. The van der Waals surface area contributed by atoms with Crippen molar-refractivity contribution in [3.8, 4) is 39.7 Å². The summed E-state index contributed by atoms with van der Waals surface area (Å²) in [7, 11) is -4.41. The van der Waals surface area contributed by atoms with Crippen LogP contribution in [0.15, 0.2) is 68.8 Å². The molecule has 12 heteroatoms. The van der Waals surface area contributed by atoms with Crippen molar-refractivity contribution in [2.24, 2.45) is 12.2 Å². The molecule has 0 unspecified atom stereocenters. The van der Waals surface area contributed by atoms with E-state index in [1.807, 2.05) is 26.0 Å². The summed E-state index contributed by atoms with van der Waals surface area (Å²) >= 11 is 0. The molecule has 0 atom stereocenters. The number of aryl methyl sites for hydroxylation is 5. The molecule has 2 N–H and O–H groups in total. The van der Waals surface area contributed by atoms with E-state index in [1.54, 1.807) is 33.2 Å². The van der Waals surface area contributed by atoms with Gasteiger partial charge in [0.15, 0.2) is 8.32 Å². The lowest BCUT2D eigenvalue weighted by Gasteiger charge is -2.36. The van der Waals surface area contributed by atoms with Crippen LogP contribution in [-0.2, 0) is 21.5 Å². The minimum atomic E-state index is -4.11. The second kappa shape index (κ2) is 13.5. The van der Waals surface area contributed by atoms with Gasteiger partial charge in [-0.25, -0.2) is 17.9 Å². The summed E-state index contributed by atoms with van der Waals surface area (Å²) in [6.07, 6.45) is 1.57. The summed E-state index contributed by atoms with van der Waals surface area (Å²) in [6.45, 7) is 19.3. The van der Waals surface area contributed by atoms with E-state index in [0.29, 0.717) is 52.4 Å². The summed E-state index contributed by atoms with van der Waals surface area (Å²) in [6, 6.07) is 12.5. The first kappa shape index (κ1) is 37.0. The standard InChI is InChI=1S/C38H45FN2O7SSi/c1-22-15-26(16-23(2)34(22)45-13-14-46-50(9,10)38(5,6)7)33-20-30-36(48-33)31(21-41(8)37(30)42)29-19-28(49(40,43)44)11-12-32(29)47-35-24(3)17-27(39)18-25(35)4/h11-12,15-21H,13-14H2,1-10H3,(H2,40,43,44). The van der Waals surface area contributed by atoms with Crippen LogP contribution in [0.1, 0.15) is 43.0 Å². The third-order valence-corrected chi connectivity index (χ3v) is 14.8. The lowest BCUT2D eigenvalue weighted by atomic mass is 10.0. The Bertz CT molecular complexity index is 2240. The molecule has 5 rings (SSSR count). The first-order valence-corrected chi connectivity index (χ1v) is 20.8. The van der Waals surface area contributed by atoms with Crippen LogP contribution in [0.25, 0.3) is 33.4 Å². The van der Waals surface area contributed by atoms with Crippen molar-refractivity contribution in [1.82, 2.24) is 4.57 Å². The lowest BCUT2D eigenvalue weighted by molar-refractivity contribution is 0.202. The molecule has 0 amide bonds. The average molecular weight is 721 g/mol. The molecule has 0 saturated heterocycles. The highest BCUT2D eigenvalue weighted by Crippen LogP contribution is 2.42.